The number of benzene rings is 2. The Morgan fingerprint density at radius 3 is 2.27 bits per heavy atom. The van der Waals surface area contributed by atoms with Gasteiger partial charge >= 0.3 is 0 Å². The Labute approximate surface area is 175 Å². The number of phenolic OH excluding ortho intramolecular Hbond substituents is 1. The zero-order valence-corrected chi connectivity index (χ0v) is 17.1. The summed E-state index contributed by atoms with van der Waals surface area (Å²) in [5, 5.41) is 24.8. The Bertz CT molecular complexity index is 1190. The van der Waals surface area contributed by atoms with Crippen molar-refractivity contribution in [1.82, 2.24) is 0 Å². The number of aromatic hydroxyl groups is 1. The lowest BCUT2D eigenvalue weighted by atomic mass is 9.76. The van der Waals surface area contributed by atoms with Gasteiger partial charge in [0, 0.05) is 17.3 Å². The molecule has 30 heavy (non-hydrogen) atoms. The summed E-state index contributed by atoms with van der Waals surface area (Å²) in [6.45, 7) is 0. The standard InChI is InChI=1S/C22H22N4O3S/c23-13-19-21(14-5-9-16(27)10-6-14)18-3-1-2-4-20(18)26(22(19)24)15-7-11-17(12-8-15)30(25,28)29/h5-12,21,27H,1-4,24H2,(H2,25,28,29). The Kier molecular flexibility index (Phi) is 5.02. The molecule has 0 bridgehead atoms. The highest BCUT2D eigenvalue weighted by Gasteiger charge is 2.36. The van der Waals surface area contributed by atoms with Gasteiger partial charge in [0.2, 0.25) is 10.0 Å². The summed E-state index contributed by atoms with van der Waals surface area (Å²) >= 11 is 0. The third-order valence-corrected chi connectivity index (χ3v) is 6.60. The zero-order valence-electron chi connectivity index (χ0n) is 16.2. The molecule has 0 saturated heterocycles. The minimum atomic E-state index is -3.80. The summed E-state index contributed by atoms with van der Waals surface area (Å²) < 4.78 is 23.2. The third kappa shape index (κ3) is 3.43. The van der Waals surface area contributed by atoms with Gasteiger partial charge in [-0.25, -0.2) is 13.6 Å². The normalized spacial score (nSPS) is 19.5. The van der Waals surface area contributed by atoms with Crippen molar-refractivity contribution in [2.75, 3.05) is 4.90 Å². The van der Waals surface area contributed by atoms with E-state index in [1.54, 1.807) is 24.3 Å². The summed E-state index contributed by atoms with van der Waals surface area (Å²) in [6, 6.07) is 15.3. The van der Waals surface area contributed by atoms with Gasteiger partial charge in [0.25, 0.3) is 0 Å². The fourth-order valence-corrected chi connectivity index (χ4v) is 4.82. The first-order valence-corrected chi connectivity index (χ1v) is 11.2. The molecule has 0 radical (unpaired) electrons. The Morgan fingerprint density at radius 1 is 1.03 bits per heavy atom. The van der Waals surface area contributed by atoms with E-state index in [1.165, 1.54) is 12.1 Å². The molecule has 5 N–H and O–H groups in total. The van der Waals surface area contributed by atoms with Gasteiger partial charge in [-0.15, -0.1) is 0 Å². The average molecular weight is 423 g/mol. The molecule has 0 amide bonds. The summed E-state index contributed by atoms with van der Waals surface area (Å²) in [5.41, 5.74) is 10.7. The fraction of sp³-hybridized carbons (Fsp3) is 0.227. The van der Waals surface area contributed by atoms with Crippen LogP contribution in [0.1, 0.15) is 37.2 Å². The maximum absolute atomic E-state index is 11.6. The lowest BCUT2D eigenvalue weighted by Gasteiger charge is -2.40. The first kappa shape index (κ1) is 20.0. The van der Waals surface area contributed by atoms with E-state index in [4.69, 9.17) is 10.9 Å². The number of phenols is 1. The van der Waals surface area contributed by atoms with E-state index in [0.717, 1.165) is 42.5 Å². The third-order valence-electron chi connectivity index (χ3n) is 5.67. The second kappa shape index (κ2) is 7.52. The molecule has 1 heterocycles. The van der Waals surface area contributed by atoms with Crippen LogP contribution < -0.4 is 15.8 Å². The van der Waals surface area contributed by atoms with Crippen molar-refractivity contribution < 1.29 is 13.5 Å². The average Bonchev–Trinajstić information content (AvgIpc) is 2.73. The number of sulfonamides is 1. The molecular weight excluding hydrogens is 400 g/mol. The summed E-state index contributed by atoms with van der Waals surface area (Å²) in [5.74, 6) is 0.241. The number of hydrogen-bond donors (Lipinski definition) is 3. The SMILES string of the molecule is N#CC1=C(N)N(c2ccc(S(N)(=O)=O)cc2)C2=C(CCCC2)C1c1ccc(O)cc1. The van der Waals surface area contributed by atoms with E-state index < -0.39 is 10.0 Å². The van der Waals surface area contributed by atoms with Crippen molar-refractivity contribution in [2.24, 2.45) is 10.9 Å². The molecule has 4 rings (SSSR count). The Hall–Kier alpha value is -3.28. The molecule has 1 atom stereocenters. The van der Waals surface area contributed by atoms with Crippen LogP contribution in [0.2, 0.25) is 0 Å². The Morgan fingerprint density at radius 2 is 1.67 bits per heavy atom. The highest BCUT2D eigenvalue weighted by molar-refractivity contribution is 7.89. The van der Waals surface area contributed by atoms with E-state index in [2.05, 4.69) is 6.07 Å². The van der Waals surface area contributed by atoms with Crippen molar-refractivity contribution in [2.45, 2.75) is 36.5 Å². The van der Waals surface area contributed by atoms with Crippen LogP contribution in [0.3, 0.4) is 0 Å². The number of nitriles is 1. The molecule has 0 fully saturated rings. The van der Waals surface area contributed by atoms with Crippen LogP contribution in [-0.4, -0.2) is 13.5 Å². The van der Waals surface area contributed by atoms with Gasteiger partial charge < -0.3 is 15.7 Å². The smallest absolute Gasteiger partial charge is 0.238 e. The van der Waals surface area contributed by atoms with Crippen molar-refractivity contribution in [3.63, 3.8) is 0 Å². The van der Waals surface area contributed by atoms with Crippen LogP contribution in [0.4, 0.5) is 5.69 Å². The summed E-state index contributed by atoms with van der Waals surface area (Å²) in [4.78, 5) is 1.88. The predicted molar refractivity (Wildman–Crippen MR) is 113 cm³/mol. The molecule has 1 aliphatic carbocycles. The minimum Gasteiger partial charge on any atom is -0.508 e. The number of nitrogens with zero attached hydrogens (tertiary/aromatic N) is 2. The largest absolute Gasteiger partial charge is 0.508 e. The van der Waals surface area contributed by atoms with Crippen LogP contribution in [-0.2, 0) is 10.0 Å². The predicted octanol–water partition coefficient (Wildman–Crippen LogP) is 3.17. The molecule has 2 aromatic carbocycles. The topological polar surface area (TPSA) is 133 Å². The lowest BCUT2D eigenvalue weighted by Crippen LogP contribution is -2.36. The molecular formula is C22H22N4O3S. The van der Waals surface area contributed by atoms with E-state index >= 15 is 0 Å². The van der Waals surface area contributed by atoms with Crippen LogP contribution >= 0.6 is 0 Å². The second-order valence-electron chi connectivity index (χ2n) is 7.49. The minimum absolute atomic E-state index is 0.0196. The summed E-state index contributed by atoms with van der Waals surface area (Å²) in [7, 11) is -3.80. The van der Waals surface area contributed by atoms with Crippen molar-refractivity contribution in [3.05, 3.63) is 76.8 Å². The van der Waals surface area contributed by atoms with Gasteiger partial charge in [0.1, 0.15) is 11.6 Å². The van der Waals surface area contributed by atoms with E-state index in [-0.39, 0.29) is 16.6 Å². The highest BCUT2D eigenvalue weighted by Crippen LogP contribution is 2.47. The maximum Gasteiger partial charge on any atom is 0.238 e. The molecule has 154 valence electrons. The maximum atomic E-state index is 11.6. The van der Waals surface area contributed by atoms with Crippen LogP contribution in [0, 0.1) is 11.3 Å². The van der Waals surface area contributed by atoms with E-state index in [0.29, 0.717) is 17.1 Å². The number of anilines is 1. The molecule has 1 aliphatic heterocycles. The molecule has 7 nitrogen and oxygen atoms in total. The molecule has 0 spiro atoms. The zero-order chi connectivity index (χ0) is 21.5. The Balaban J connectivity index is 1.87. The second-order valence-corrected chi connectivity index (χ2v) is 9.05. The number of nitrogens with two attached hydrogens (primary N) is 2. The van der Waals surface area contributed by atoms with Gasteiger partial charge in [0.05, 0.1) is 16.5 Å². The van der Waals surface area contributed by atoms with Gasteiger partial charge in [-0.3, -0.25) is 0 Å². The first-order valence-electron chi connectivity index (χ1n) is 9.65. The fourth-order valence-electron chi connectivity index (χ4n) is 4.30. The van der Waals surface area contributed by atoms with E-state index in [1.807, 2.05) is 17.0 Å². The molecule has 1 unspecified atom stereocenters. The monoisotopic (exact) mass is 422 g/mol. The van der Waals surface area contributed by atoms with Crippen LogP contribution in [0.5, 0.6) is 5.75 Å². The van der Waals surface area contributed by atoms with Gasteiger partial charge in [-0.1, -0.05) is 12.1 Å². The molecule has 2 aromatic rings. The quantitative estimate of drug-likeness (QED) is 0.696. The first-order chi connectivity index (χ1) is 14.3. The van der Waals surface area contributed by atoms with Crippen molar-refractivity contribution in [1.29, 1.82) is 5.26 Å². The highest BCUT2D eigenvalue weighted by atomic mass is 32.2. The number of allylic oxidation sites excluding steroid dienone is 3. The molecule has 8 heteroatoms. The summed E-state index contributed by atoms with van der Waals surface area (Å²) in [6.07, 6.45) is 3.66. The molecule has 2 aliphatic rings. The van der Waals surface area contributed by atoms with Gasteiger partial charge in [-0.2, -0.15) is 5.26 Å². The van der Waals surface area contributed by atoms with Crippen molar-refractivity contribution >= 4 is 15.7 Å². The van der Waals surface area contributed by atoms with Gasteiger partial charge in [0.15, 0.2) is 0 Å². The number of rotatable bonds is 3. The number of primary sulfonamides is 1. The number of hydrogen-bond acceptors (Lipinski definition) is 6. The van der Waals surface area contributed by atoms with Crippen LogP contribution in [0.25, 0.3) is 0 Å². The van der Waals surface area contributed by atoms with Crippen molar-refractivity contribution in [3.8, 4) is 11.8 Å². The van der Waals surface area contributed by atoms with E-state index in [9.17, 15) is 18.8 Å². The van der Waals surface area contributed by atoms with Crippen LogP contribution in [0.15, 0.2) is 76.1 Å². The van der Waals surface area contributed by atoms with Gasteiger partial charge in [-0.05, 0) is 73.2 Å². The molecule has 0 saturated carbocycles. The lowest BCUT2D eigenvalue weighted by molar-refractivity contribution is 0.475. The molecule has 0 aromatic heterocycles.